The van der Waals surface area contributed by atoms with Crippen molar-refractivity contribution in [1.29, 1.82) is 0 Å². The van der Waals surface area contributed by atoms with E-state index in [2.05, 4.69) is 15.2 Å². The molecule has 51 heavy (non-hydrogen) atoms. The average molecular weight is 892 g/mol. The molecule has 0 saturated heterocycles. The van der Waals surface area contributed by atoms with Gasteiger partial charge in [0.05, 0.1) is 0 Å². The number of hydrogen-bond donors (Lipinski definition) is 0. The maximum atomic E-state index is 15.2. The van der Waals surface area contributed by atoms with Crippen molar-refractivity contribution in [3.63, 3.8) is 0 Å². The first kappa shape index (κ1) is 45.7. The first-order chi connectivity index (χ1) is 22.8. The van der Waals surface area contributed by atoms with Gasteiger partial charge in [-0.25, -0.2) is 0 Å². The van der Waals surface area contributed by atoms with Crippen LogP contribution in [0.2, 0.25) is 0 Å². The molecular formula is C34H58F9N3O2P2Sn. The van der Waals surface area contributed by atoms with Gasteiger partial charge in [-0.15, -0.1) is 0 Å². The van der Waals surface area contributed by atoms with Crippen molar-refractivity contribution in [3.8, 4) is 0 Å². The topological polar surface area (TPSA) is 55.5 Å². The summed E-state index contributed by atoms with van der Waals surface area (Å²) in [6, 6.07) is 0. The Morgan fingerprint density at radius 3 is 1.41 bits per heavy atom. The van der Waals surface area contributed by atoms with Crippen LogP contribution >= 0.6 is 15.0 Å². The number of halogens is 9. The molecule has 0 spiro atoms. The van der Waals surface area contributed by atoms with Gasteiger partial charge in [-0.2, -0.15) is 0 Å². The summed E-state index contributed by atoms with van der Waals surface area (Å²) in [6.45, 7) is 19.9. The second kappa shape index (κ2) is 15.4. The average Bonchev–Trinajstić information content (AvgIpc) is 2.88. The molecule has 0 aromatic heterocycles. The maximum absolute atomic E-state index is 15.2. The summed E-state index contributed by atoms with van der Waals surface area (Å²) >= 11 is -3.95. The van der Waals surface area contributed by atoms with Crippen LogP contribution in [0.25, 0.3) is 0 Å². The third-order valence-electron chi connectivity index (χ3n) is 11.2. The van der Waals surface area contributed by atoms with Crippen LogP contribution in [0, 0.1) is 17.8 Å². The van der Waals surface area contributed by atoms with Crippen molar-refractivity contribution < 1.29 is 45.7 Å². The summed E-state index contributed by atoms with van der Waals surface area (Å²) in [6.07, 6.45) is -14.1. The molecule has 4 saturated carbocycles. The fourth-order valence-corrected chi connectivity index (χ4v) is 20.9. The summed E-state index contributed by atoms with van der Waals surface area (Å²) in [7, 11) is -5.37. The van der Waals surface area contributed by atoms with Crippen molar-refractivity contribution in [2.45, 2.75) is 184 Å². The molecule has 2 radical (unpaired) electrons. The number of alkyl halides is 9. The first-order valence-corrected chi connectivity index (χ1v) is 23.4. The molecule has 1 atom stereocenters. The Labute approximate surface area is 311 Å². The second-order valence-electron chi connectivity index (χ2n) is 19.1. The molecule has 0 amide bonds. The van der Waals surface area contributed by atoms with E-state index in [4.69, 9.17) is 6.15 Å². The van der Waals surface area contributed by atoms with Gasteiger partial charge in [0.2, 0.25) is 0 Å². The van der Waals surface area contributed by atoms with Gasteiger partial charge in [0, 0.05) is 0 Å². The van der Waals surface area contributed by atoms with E-state index in [9.17, 15) is 17.6 Å². The molecule has 0 aliphatic heterocycles. The van der Waals surface area contributed by atoms with E-state index < -0.39 is 112 Å². The Morgan fingerprint density at radius 1 is 0.686 bits per heavy atom. The second-order valence-corrected chi connectivity index (χ2v) is 29.4. The minimum atomic E-state index is -5.75. The van der Waals surface area contributed by atoms with Gasteiger partial charge < -0.3 is 0 Å². The predicted molar refractivity (Wildman–Crippen MR) is 188 cm³/mol. The minimum absolute atomic E-state index is 0.486. The van der Waals surface area contributed by atoms with Crippen LogP contribution in [0.5, 0.6) is 0 Å². The van der Waals surface area contributed by atoms with Gasteiger partial charge in [-0.1, -0.05) is 0 Å². The van der Waals surface area contributed by atoms with Crippen LogP contribution in [-0.2, 0) is 6.15 Å². The molecule has 4 bridgehead atoms. The van der Waals surface area contributed by atoms with E-state index >= 15 is 22.0 Å². The van der Waals surface area contributed by atoms with Crippen LogP contribution in [0.15, 0.2) is 15.2 Å². The molecular weight excluding hydrogens is 834 g/mol. The Hall–Kier alpha value is 0.349. The Balaban J connectivity index is 2.11. The van der Waals surface area contributed by atoms with E-state index in [1.54, 1.807) is 83.1 Å². The zero-order valence-electron chi connectivity index (χ0n) is 32.1. The third kappa shape index (κ3) is 9.49. The predicted octanol–water partition coefficient (Wildman–Crippen LogP) is 12.6. The summed E-state index contributed by atoms with van der Waals surface area (Å²) < 4.78 is 145. The third-order valence-corrected chi connectivity index (χ3v) is 23.6. The number of hydrogen-bond acceptors (Lipinski definition) is 3. The fraction of sp³-hybridized carbons (Fsp3) is 1.00. The zero-order valence-corrected chi connectivity index (χ0v) is 36.7. The van der Waals surface area contributed by atoms with Crippen LogP contribution in [0.4, 0.5) is 39.5 Å². The van der Waals surface area contributed by atoms with Gasteiger partial charge in [-0.3, -0.25) is 0 Å². The Bertz CT molecular complexity index is 1210. The van der Waals surface area contributed by atoms with Gasteiger partial charge in [0.15, 0.2) is 0 Å². The van der Waals surface area contributed by atoms with Crippen LogP contribution in [0.1, 0.15) is 122 Å². The van der Waals surface area contributed by atoms with Crippen molar-refractivity contribution in [1.82, 2.24) is 0 Å². The Morgan fingerprint density at radius 2 is 1.10 bits per heavy atom. The molecule has 4 aliphatic carbocycles. The first-order valence-electron chi connectivity index (χ1n) is 17.6. The number of rotatable bonds is 13. The SMILES string of the molecule is CC(C)(C)P(CC([O][Sn][O]C(CP(=NN=NC12CC3CC(CC(C3)C1)C2)(C(C)(C)C)C(C)(C)C)(C(F)F)C(F)(F)F)(C(F)F)C(F)F)C(C)(C)C. The van der Waals surface area contributed by atoms with E-state index in [-0.39, 0.29) is 0 Å². The molecule has 4 aliphatic rings. The quantitative estimate of drug-likeness (QED) is 0.0608. The van der Waals surface area contributed by atoms with Gasteiger partial charge in [-0.05, 0) is 0 Å². The molecule has 0 aromatic carbocycles. The molecule has 4 fully saturated rings. The van der Waals surface area contributed by atoms with E-state index in [0.29, 0.717) is 17.8 Å². The molecule has 298 valence electrons. The number of nitrogens with zero attached hydrogens (tertiary/aromatic N) is 3. The molecule has 1 unspecified atom stereocenters. The molecule has 0 heterocycles. The standard InChI is InChI=1S/C22H36F5N3OP.C12H22F4OP.Sn/c1-18(2,3)32(19(4,5)6,13-21(31,17(23)24)22(25,26)27)30-29-28-20-10-14-7-15(11-20)9-16(8-14)12-20;1-10(2,3)18(11(4,5)6)7-12(17,8(13)14)9(15)16;/h14-17H,7-13H2,1-6H3;8-9H,7H2,1-6H3;/q2*-1;+2. The summed E-state index contributed by atoms with van der Waals surface area (Å²) in [5, 5.41) is 5.17. The van der Waals surface area contributed by atoms with Gasteiger partial charge >= 0.3 is 312 Å². The Kier molecular flexibility index (Phi) is 13.8. The summed E-state index contributed by atoms with van der Waals surface area (Å²) in [5.74, 6) is 1.48. The van der Waals surface area contributed by atoms with Crippen molar-refractivity contribution >= 4 is 36.9 Å². The van der Waals surface area contributed by atoms with Gasteiger partial charge in [0.25, 0.3) is 0 Å². The molecule has 0 aromatic rings. The van der Waals surface area contributed by atoms with E-state index in [1.165, 1.54) is 0 Å². The zero-order chi connectivity index (χ0) is 39.4. The molecule has 0 N–H and O–H groups in total. The van der Waals surface area contributed by atoms with E-state index in [1.807, 2.05) is 0 Å². The van der Waals surface area contributed by atoms with Crippen LogP contribution in [0.3, 0.4) is 0 Å². The summed E-state index contributed by atoms with van der Waals surface area (Å²) in [4.78, 5) is 4.56. The fourth-order valence-electron chi connectivity index (χ4n) is 9.16. The monoisotopic (exact) mass is 893 g/mol. The van der Waals surface area contributed by atoms with Crippen molar-refractivity contribution in [2.24, 2.45) is 32.9 Å². The van der Waals surface area contributed by atoms with Crippen molar-refractivity contribution in [3.05, 3.63) is 0 Å². The molecule has 4 rings (SSSR count). The molecule has 5 nitrogen and oxygen atoms in total. The summed E-state index contributed by atoms with van der Waals surface area (Å²) in [5.41, 5.74) is -8.21. The van der Waals surface area contributed by atoms with Gasteiger partial charge in [0.1, 0.15) is 0 Å². The van der Waals surface area contributed by atoms with Crippen molar-refractivity contribution in [2.75, 3.05) is 12.3 Å². The normalized spacial score (nSPS) is 26.7. The van der Waals surface area contributed by atoms with Crippen LogP contribution in [-0.4, -0.2) is 97.1 Å². The molecule has 17 heteroatoms. The van der Waals surface area contributed by atoms with Crippen LogP contribution < -0.4 is 0 Å². The van der Waals surface area contributed by atoms with E-state index in [0.717, 1.165) is 38.5 Å².